The number of nitrogens with two attached hydrogens (primary N) is 2. The summed E-state index contributed by atoms with van der Waals surface area (Å²) in [5.74, 6) is 0.191. The first-order valence-electron chi connectivity index (χ1n) is 6.45. The summed E-state index contributed by atoms with van der Waals surface area (Å²) in [6.07, 6.45) is -0.201. The molecule has 2 atom stereocenters. The molecule has 0 heterocycles. The average Bonchev–Trinajstić information content (AvgIpc) is 2.45. The first kappa shape index (κ1) is 20.0. The van der Waals surface area contributed by atoms with Gasteiger partial charge in [-0.3, -0.25) is 9.59 Å². The third-order valence-corrected chi connectivity index (χ3v) is 3.02. The van der Waals surface area contributed by atoms with E-state index in [1.54, 1.807) is 39.3 Å². The Hall–Kier alpha value is -1.99. The Morgan fingerprint density at radius 1 is 1.27 bits per heavy atom. The number of rotatable bonds is 7. The Morgan fingerprint density at radius 2 is 1.91 bits per heavy atom. The fourth-order valence-electron chi connectivity index (χ4n) is 1.89. The summed E-state index contributed by atoms with van der Waals surface area (Å²) >= 11 is 0. The molecule has 124 valence electrons. The molecule has 22 heavy (non-hydrogen) atoms. The van der Waals surface area contributed by atoms with Crippen molar-refractivity contribution in [1.29, 1.82) is 0 Å². The number of amides is 2. The molecule has 8 heteroatoms. The molecule has 0 aromatic heterocycles. The van der Waals surface area contributed by atoms with Crippen molar-refractivity contribution in [3.63, 3.8) is 0 Å². The monoisotopic (exact) mass is 331 g/mol. The fraction of sp³-hybridized carbons (Fsp3) is 0.429. The molecule has 1 aromatic rings. The Kier molecular flexibility index (Phi) is 8.29. The fourth-order valence-corrected chi connectivity index (χ4v) is 1.89. The first-order valence-corrected chi connectivity index (χ1v) is 6.45. The van der Waals surface area contributed by atoms with E-state index in [0.29, 0.717) is 11.5 Å². The number of ether oxygens (including phenoxy) is 2. The van der Waals surface area contributed by atoms with Crippen molar-refractivity contribution >= 4 is 24.2 Å². The summed E-state index contributed by atoms with van der Waals surface area (Å²) in [5, 5.41) is 2.72. The van der Waals surface area contributed by atoms with Gasteiger partial charge in [0.15, 0.2) is 0 Å². The highest BCUT2D eigenvalue weighted by atomic mass is 35.5. The molecule has 5 N–H and O–H groups in total. The Labute approximate surface area is 135 Å². The summed E-state index contributed by atoms with van der Waals surface area (Å²) in [6, 6.07) is 3.95. The van der Waals surface area contributed by atoms with Gasteiger partial charge in [0.25, 0.3) is 0 Å². The summed E-state index contributed by atoms with van der Waals surface area (Å²) in [7, 11) is 3.09. The molecule has 0 fully saturated rings. The normalized spacial score (nSPS) is 12.5. The van der Waals surface area contributed by atoms with Gasteiger partial charge in [0.05, 0.1) is 32.7 Å². The molecular weight excluding hydrogens is 310 g/mol. The summed E-state index contributed by atoms with van der Waals surface area (Å²) < 4.78 is 10.4. The van der Waals surface area contributed by atoms with Gasteiger partial charge in [0, 0.05) is 5.56 Å². The molecular formula is C14H22ClN3O4. The van der Waals surface area contributed by atoms with E-state index in [1.807, 2.05) is 0 Å². The zero-order chi connectivity index (χ0) is 16.0. The maximum absolute atomic E-state index is 11.9. The maximum Gasteiger partial charge on any atom is 0.237 e. The van der Waals surface area contributed by atoms with Crippen molar-refractivity contribution in [2.75, 3.05) is 14.2 Å². The molecule has 0 spiro atoms. The van der Waals surface area contributed by atoms with Gasteiger partial charge in [-0.15, -0.1) is 12.4 Å². The Morgan fingerprint density at radius 3 is 2.41 bits per heavy atom. The first-order chi connectivity index (χ1) is 9.88. The van der Waals surface area contributed by atoms with Crippen molar-refractivity contribution in [3.8, 4) is 11.5 Å². The number of nitrogens with one attached hydrogen (secondary N) is 1. The number of hydrogen-bond acceptors (Lipinski definition) is 5. The number of carbonyl (C=O) groups is 2. The minimum atomic E-state index is -0.971. The van der Waals surface area contributed by atoms with E-state index < -0.39 is 17.9 Å². The zero-order valence-corrected chi connectivity index (χ0v) is 13.6. The molecule has 0 bridgehead atoms. The second-order valence-electron chi connectivity index (χ2n) is 4.62. The van der Waals surface area contributed by atoms with Gasteiger partial charge in [0.1, 0.15) is 11.5 Å². The molecule has 2 amide bonds. The summed E-state index contributed by atoms with van der Waals surface area (Å²) in [5.41, 5.74) is 11.4. The predicted octanol–water partition coefficient (Wildman–Crippen LogP) is 0.506. The molecule has 0 aliphatic rings. The topological polar surface area (TPSA) is 117 Å². The lowest BCUT2D eigenvalue weighted by Gasteiger charge is -2.20. The molecule has 2 unspecified atom stereocenters. The van der Waals surface area contributed by atoms with Crippen LogP contribution in [0.2, 0.25) is 0 Å². The largest absolute Gasteiger partial charge is 0.497 e. The average molecular weight is 332 g/mol. The van der Waals surface area contributed by atoms with Crippen molar-refractivity contribution in [1.82, 2.24) is 5.32 Å². The van der Waals surface area contributed by atoms with Gasteiger partial charge in [-0.25, -0.2) is 0 Å². The van der Waals surface area contributed by atoms with Crippen molar-refractivity contribution in [2.24, 2.45) is 11.5 Å². The lowest BCUT2D eigenvalue weighted by Crippen LogP contribution is -2.43. The van der Waals surface area contributed by atoms with Crippen LogP contribution in [0.3, 0.4) is 0 Å². The number of hydrogen-bond donors (Lipinski definition) is 3. The van der Waals surface area contributed by atoms with E-state index in [-0.39, 0.29) is 24.9 Å². The van der Waals surface area contributed by atoms with E-state index in [0.717, 1.165) is 5.56 Å². The minimum Gasteiger partial charge on any atom is -0.497 e. The van der Waals surface area contributed by atoms with Gasteiger partial charge in [-0.05, 0) is 25.1 Å². The molecule has 0 radical (unpaired) electrons. The van der Waals surface area contributed by atoms with Gasteiger partial charge < -0.3 is 26.3 Å². The highest BCUT2D eigenvalue weighted by Gasteiger charge is 2.20. The van der Waals surface area contributed by atoms with Crippen LogP contribution < -0.4 is 26.3 Å². The quantitative estimate of drug-likeness (QED) is 0.673. The van der Waals surface area contributed by atoms with Gasteiger partial charge in [0.2, 0.25) is 11.8 Å². The number of carbonyl (C=O) groups excluding carboxylic acids is 2. The smallest absolute Gasteiger partial charge is 0.237 e. The van der Waals surface area contributed by atoms with Crippen molar-refractivity contribution in [2.45, 2.75) is 25.4 Å². The van der Waals surface area contributed by atoms with E-state index >= 15 is 0 Å². The number of halogens is 1. The molecule has 0 saturated heterocycles. The Balaban J connectivity index is 0.00000441. The van der Waals surface area contributed by atoms with Crippen LogP contribution in [0.4, 0.5) is 0 Å². The number of primary amides is 1. The van der Waals surface area contributed by atoms with Gasteiger partial charge in [-0.1, -0.05) is 0 Å². The molecule has 0 aliphatic carbocycles. The van der Waals surface area contributed by atoms with Crippen LogP contribution in [0.5, 0.6) is 11.5 Å². The molecule has 1 rings (SSSR count). The third kappa shape index (κ3) is 5.42. The van der Waals surface area contributed by atoms with Crippen LogP contribution in [-0.4, -0.2) is 32.1 Å². The molecule has 0 aliphatic heterocycles. The van der Waals surface area contributed by atoms with Crippen molar-refractivity contribution in [3.05, 3.63) is 23.8 Å². The number of benzene rings is 1. The van der Waals surface area contributed by atoms with E-state index in [2.05, 4.69) is 5.32 Å². The molecule has 0 saturated carbocycles. The van der Waals surface area contributed by atoms with Crippen LogP contribution in [0, 0.1) is 0 Å². The van der Waals surface area contributed by atoms with E-state index in [9.17, 15) is 9.59 Å². The molecule has 1 aromatic carbocycles. The van der Waals surface area contributed by atoms with Crippen LogP contribution in [0.25, 0.3) is 0 Å². The van der Waals surface area contributed by atoms with Crippen LogP contribution >= 0.6 is 12.4 Å². The second-order valence-corrected chi connectivity index (χ2v) is 4.62. The summed E-state index contributed by atoms with van der Waals surface area (Å²) in [4.78, 5) is 22.7. The highest BCUT2D eigenvalue weighted by Crippen LogP contribution is 2.29. The van der Waals surface area contributed by atoms with Gasteiger partial charge in [-0.2, -0.15) is 0 Å². The third-order valence-electron chi connectivity index (χ3n) is 3.02. The van der Waals surface area contributed by atoms with Crippen LogP contribution in [-0.2, 0) is 9.59 Å². The number of methoxy groups -OCH3 is 2. The van der Waals surface area contributed by atoms with Crippen molar-refractivity contribution < 1.29 is 19.1 Å². The van der Waals surface area contributed by atoms with Crippen LogP contribution in [0.15, 0.2) is 18.2 Å². The maximum atomic E-state index is 11.9. The Bertz CT molecular complexity index is 525. The van der Waals surface area contributed by atoms with Gasteiger partial charge >= 0.3 is 0 Å². The standard InChI is InChI=1S/C14H21N3O4.ClH/c1-8(17-14(19)11(15)7-13(16)18)10-6-9(20-2)4-5-12(10)21-3;/h4-6,8,11H,7,15H2,1-3H3,(H2,16,18)(H,17,19);1H. The summed E-state index contributed by atoms with van der Waals surface area (Å²) in [6.45, 7) is 1.78. The van der Waals surface area contributed by atoms with Crippen LogP contribution in [0.1, 0.15) is 24.9 Å². The lowest BCUT2D eigenvalue weighted by atomic mass is 10.1. The van der Waals surface area contributed by atoms with E-state index in [1.165, 1.54) is 0 Å². The molecule has 7 nitrogen and oxygen atoms in total. The minimum absolute atomic E-state index is 0. The highest BCUT2D eigenvalue weighted by molar-refractivity contribution is 5.87. The van der Waals surface area contributed by atoms with E-state index in [4.69, 9.17) is 20.9 Å². The lowest BCUT2D eigenvalue weighted by molar-refractivity contribution is -0.126. The second kappa shape index (κ2) is 9.11. The zero-order valence-electron chi connectivity index (χ0n) is 12.8. The SMILES string of the molecule is COc1ccc(OC)c(C(C)NC(=O)C(N)CC(N)=O)c1.Cl. The predicted molar refractivity (Wildman–Crippen MR) is 85.1 cm³/mol.